The van der Waals surface area contributed by atoms with E-state index in [1.165, 1.54) is 9.75 Å². The Morgan fingerprint density at radius 2 is 1.86 bits per heavy atom. The SMILES string of the molecule is OCc1ccc(NC(c2cccs2)c2ccc(Cl)s2)cc1. The summed E-state index contributed by atoms with van der Waals surface area (Å²) in [7, 11) is 0. The Balaban J connectivity index is 1.88. The molecule has 2 aromatic heterocycles. The van der Waals surface area contributed by atoms with Crippen molar-refractivity contribution >= 4 is 40.0 Å². The Morgan fingerprint density at radius 3 is 2.43 bits per heavy atom. The lowest BCUT2D eigenvalue weighted by atomic mass is 10.1. The van der Waals surface area contributed by atoms with E-state index >= 15 is 0 Å². The van der Waals surface area contributed by atoms with Gasteiger partial charge >= 0.3 is 0 Å². The summed E-state index contributed by atoms with van der Waals surface area (Å²) in [5.74, 6) is 0. The zero-order valence-electron chi connectivity index (χ0n) is 11.1. The van der Waals surface area contributed by atoms with Crippen LogP contribution in [0.4, 0.5) is 5.69 Å². The van der Waals surface area contributed by atoms with Gasteiger partial charge in [0.05, 0.1) is 17.0 Å². The number of anilines is 1. The molecule has 0 bridgehead atoms. The van der Waals surface area contributed by atoms with Crippen molar-refractivity contribution in [3.05, 3.63) is 73.6 Å². The Hall–Kier alpha value is -1.33. The molecule has 0 saturated carbocycles. The predicted molar refractivity (Wildman–Crippen MR) is 91.5 cm³/mol. The molecule has 0 fully saturated rings. The standard InChI is InChI=1S/C16H14ClNOS2/c17-15-8-7-14(21-15)16(13-2-1-9-20-13)18-12-5-3-11(10-19)4-6-12/h1-9,16,18-19H,10H2. The van der Waals surface area contributed by atoms with Gasteiger partial charge in [-0.05, 0) is 41.3 Å². The highest BCUT2D eigenvalue weighted by atomic mass is 35.5. The fourth-order valence-electron chi connectivity index (χ4n) is 2.09. The number of rotatable bonds is 5. The molecule has 3 aromatic rings. The fourth-order valence-corrected chi connectivity index (χ4v) is 4.09. The zero-order valence-corrected chi connectivity index (χ0v) is 13.5. The maximum Gasteiger partial charge on any atom is 0.0954 e. The van der Waals surface area contributed by atoms with Crippen LogP contribution in [0.25, 0.3) is 0 Å². The number of aliphatic hydroxyl groups is 1. The van der Waals surface area contributed by atoms with Gasteiger partial charge in [0.15, 0.2) is 0 Å². The van der Waals surface area contributed by atoms with E-state index in [0.717, 1.165) is 15.6 Å². The first-order chi connectivity index (χ1) is 10.3. The number of nitrogens with one attached hydrogen (secondary N) is 1. The van der Waals surface area contributed by atoms with Crippen LogP contribution in [0.15, 0.2) is 53.9 Å². The second-order valence-electron chi connectivity index (χ2n) is 4.59. The van der Waals surface area contributed by atoms with Crippen LogP contribution in [-0.4, -0.2) is 5.11 Å². The molecule has 2 heterocycles. The van der Waals surface area contributed by atoms with Crippen molar-refractivity contribution in [3.8, 4) is 0 Å². The van der Waals surface area contributed by atoms with Gasteiger partial charge in [0, 0.05) is 15.4 Å². The van der Waals surface area contributed by atoms with E-state index in [9.17, 15) is 0 Å². The summed E-state index contributed by atoms with van der Waals surface area (Å²) < 4.78 is 0.795. The van der Waals surface area contributed by atoms with Crippen molar-refractivity contribution in [2.24, 2.45) is 0 Å². The van der Waals surface area contributed by atoms with Gasteiger partial charge in [0.1, 0.15) is 0 Å². The van der Waals surface area contributed by atoms with Gasteiger partial charge in [0.25, 0.3) is 0 Å². The first-order valence-corrected chi connectivity index (χ1v) is 8.58. The van der Waals surface area contributed by atoms with Crippen LogP contribution in [0.1, 0.15) is 21.4 Å². The van der Waals surface area contributed by atoms with E-state index < -0.39 is 0 Å². The van der Waals surface area contributed by atoms with Crippen molar-refractivity contribution < 1.29 is 5.11 Å². The monoisotopic (exact) mass is 335 g/mol. The normalized spacial score (nSPS) is 12.3. The third-order valence-electron chi connectivity index (χ3n) is 3.15. The minimum absolute atomic E-state index is 0.0646. The maximum atomic E-state index is 9.11. The van der Waals surface area contributed by atoms with Gasteiger partial charge in [0.2, 0.25) is 0 Å². The van der Waals surface area contributed by atoms with Crippen LogP contribution in [-0.2, 0) is 6.61 Å². The van der Waals surface area contributed by atoms with Crippen LogP contribution in [0.5, 0.6) is 0 Å². The van der Waals surface area contributed by atoms with E-state index in [1.54, 1.807) is 22.7 Å². The van der Waals surface area contributed by atoms with E-state index in [4.69, 9.17) is 16.7 Å². The van der Waals surface area contributed by atoms with Crippen LogP contribution in [0.2, 0.25) is 4.34 Å². The average molecular weight is 336 g/mol. The molecule has 0 aliphatic rings. The largest absolute Gasteiger partial charge is 0.392 e. The lowest BCUT2D eigenvalue weighted by Crippen LogP contribution is -2.09. The molecule has 0 amide bonds. The molecule has 5 heteroatoms. The Bertz CT molecular complexity index is 691. The van der Waals surface area contributed by atoms with E-state index in [2.05, 4.69) is 28.9 Å². The molecule has 1 atom stereocenters. The summed E-state index contributed by atoms with van der Waals surface area (Å²) >= 11 is 9.39. The lowest BCUT2D eigenvalue weighted by molar-refractivity contribution is 0.282. The smallest absolute Gasteiger partial charge is 0.0954 e. The summed E-state index contributed by atoms with van der Waals surface area (Å²) in [5.41, 5.74) is 1.93. The van der Waals surface area contributed by atoms with Crippen LogP contribution in [0, 0.1) is 0 Å². The summed E-state index contributed by atoms with van der Waals surface area (Å²) in [6, 6.07) is 16.1. The molecule has 21 heavy (non-hydrogen) atoms. The van der Waals surface area contributed by atoms with E-state index in [0.29, 0.717) is 0 Å². The van der Waals surface area contributed by atoms with Gasteiger partial charge in [-0.3, -0.25) is 0 Å². The highest BCUT2D eigenvalue weighted by molar-refractivity contribution is 7.16. The first kappa shape index (κ1) is 14.6. The van der Waals surface area contributed by atoms with Crippen molar-refractivity contribution in [2.75, 3.05) is 5.32 Å². The molecule has 1 aromatic carbocycles. The van der Waals surface area contributed by atoms with Gasteiger partial charge in [-0.1, -0.05) is 29.8 Å². The molecule has 2 nitrogen and oxygen atoms in total. The second kappa shape index (κ2) is 6.62. The van der Waals surface area contributed by atoms with Crippen molar-refractivity contribution in [1.82, 2.24) is 0 Å². The molecule has 0 aliphatic heterocycles. The minimum Gasteiger partial charge on any atom is -0.392 e. The topological polar surface area (TPSA) is 32.3 Å². The molecule has 0 spiro atoms. The molecule has 3 rings (SSSR count). The molecule has 108 valence electrons. The lowest BCUT2D eigenvalue weighted by Gasteiger charge is -2.17. The number of thiophene rings is 2. The second-order valence-corrected chi connectivity index (χ2v) is 7.32. The first-order valence-electron chi connectivity index (χ1n) is 6.51. The Morgan fingerprint density at radius 1 is 1.05 bits per heavy atom. The molecule has 0 aliphatic carbocycles. The molecule has 1 unspecified atom stereocenters. The summed E-state index contributed by atoms with van der Waals surface area (Å²) in [4.78, 5) is 2.44. The predicted octanol–water partition coefficient (Wildman–Crippen LogP) is 5.16. The maximum absolute atomic E-state index is 9.11. The third kappa shape index (κ3) is 3.47. The quantitative estimate of drug-likeness (QED) is 0.675. The van der Waals surface area contributed by atoms with Crippen molar-refractivity contribution in [1.29, 1.82) is 0 Å². The minimum atomic E-state index is 0.0646. The van der Waals surface area contributed by atoms with Crippen molar-refractivity contribution in [3.63, 3.8) is 0 Å². The van der Waals surface area contributed by atoms with Gasteiger partial charge in [-0.15, -0.1) is 22.7 Å². The summed E-state index contributed by atoms with van der Waals surface area (Å²) in [6.45, 7) is 0.0646. The summed E-state index contributed by atoms with van der Waals surface area (Å²) in [6.07, 6.45) is 0. The number of hydrogen-bond donors (Lipinski definition) is 2. The van der Waals surface area contributed by atoms with Crippen LogP contribution >= 0.6 is 34.3 Å². The van der Waals surface area contributed by atoms with Gasteiger partial charge in [-0.25, -0.2) is 0 Å². The average Bonchev–Trinajstić information content (AvgIpc) is 3.17. The van der Waals surface area contributed by atoms with Crippen molar-refractivity contribution in [2.45, 2.75) is 12.6 Å². The Labute approximate surface area is 136 Å². The van der Waals surface area contributed by atoms with Crippen LogP contribution < -0.4 is 5.32 Å². The molecule has 2 N–H and O–H groups in total. The van der Waals surface area contributed by atoms with Gasteiger partial charge in [-0.2, -0.15) is 0 Å². The molecular weight excluding hydrogens is 322 g/mol. The summed E-state index contributed by atoms with van der Waals surface area (Å²) in [5, 5.41) is 14.7. The van der Waals surface area contributed by atoms with Gasteiger partial charge < -0.3 is 10.4 Å². The number of hydrogen-bond acceptors (Lipinski definition) is 4. The fraction of sp³-hybridized carbons (Fsp3) is 0.125. The third-order valence-corrected chi connectivity index (χ3v) is 5.39. The highest BCUT2D eigenvalue weighted by Crippen LogP contribution is 2.35. The number of benzene rings is 1. The number of aliphatic hydroxyl groups excluding tert-OH is 1. The Kier molecular flexibility index (Phi) is 4.60. The van der Waals surface area contributed by atoms with E-state index in [-0.39, 0.29) is 12.6 Å². The van der Waals surface area contributed by atoms with Crippen LogP contribution in [0.3, 0.4) is 0 Å². The molecular formula is C16H14ClNOS2. The zero-order chi connectivity index (χ0) is 14.7. The molecule has 0 radical (unpaired) electrons. The van der Waals surface area contributed by atoms with E-state index in [1.807, 2.05) is 30.3 Å². The molecule has 0 saturated heterocycles. The number of halogens is 1. The highest BCUT2D eigenvalue weighted by Gasteiger charge is 2.17.